The molecule has 45 heavy (non-hydrogen) atoms. The lowest BCUT2D eigenvalue weighted by Gasteiger charge is -2.27. The second-order valence-corrected chi connectivity index (χ2v) is 13.1. The molecule has 10 heteroatoms. The number of imidazole rings is 1. The first-order valence-electron chi connectivity index (χ1n) is 15.7. The molecule has 2 bridgehead atoms. The van der Waals surface area contributed by atoms with Gasteiger partial charge in [-0.3, -0.25) is 9.78 Å². The third kappa shape index (κ3) is 4.08. The van der Waals surface area contributed by atoms with Gasteiger partial charge in [-0.25, -0.2) is 9.78 Å². The minimum atomic E-state index is -0.455. The Morgan fingerprint density at radius 1 is 1.07 bits per heavy atom. The molecule has 10 nitrogen and oxygen atoms in total. The number of fused-ring (bicyclic) bond motifs is 5. The van der Waals surface area contributed by atoms with Crippen LogP contribution in [0.2, 0.25) is 0 Å². The Hall–Kier alpha value is -4.83. The molecule has 1 aliphatic heterocycles. The fourth-order valence-electron chi connectivity index (χ4n) is 7.77. The van der Waals surface area contributed by atoms with Crippen molar-refractivity contribution in [2.45, 2.75) is 44.3 Å². The van der Waals surface area contributed by atoms with Crippen molar-refractivity contribution in [1.29, 1.82) is 0 Å². The third-order valence-corrected chi connectivity index (χ3v) is 10.3. The van der Waals surface area contributed by atoms with Gasteiger partial charge in [0.25, 0.3) is 5.91 Å². The monoisotopic (exact) mass is 602 g/mol. The number of nitrogens with two attached hydrogens (primary N) is 1. The molecule has 3 aromatic carbocycles. The zero-order chi connectivity index (χ0) is 30.6. The summed E-state index contributed by atoms with van der Waals surface area (Å²) in [5.74, 6) is 2.02. The average Bonchev–Trinajstić information content (AvgIpc) is 3.26. The lowest BCUT2D eigenvalue weighted by molar-refractivity contribution is 0.0700. The summed E-state index contributed by atoms with van der Waals surface area (Å²) < 4.78 is 15.5. The summed E-state index contributed by atoms with van der Waals surface area (Å²) in [7, 11) is 3.66. The minimum absolute atomic E-state index is 0.00175. The molecule has 3 fully saturated rings. The molecule has 0 unspecified atom stereocenters. The van der Waals surface area contributed by atoms with Crippen LogP contribution in [0.15, 0.2) is 63.8 Å². The van der Waals surface area contributed by atoms with Gasteiger partial charge in [-0.1, -0.05) is 18.2 Å². The van der Waals surface area contributed by atoms with Gasteiger partial charge in [0.05, 0.1) is 23.8 Å². The van der Waals surface area contributed by atoms with E-state index in [2.05, 4.69) is 38.4 Å². The van der Waals surface area contributed by atoms with Crippen LogP contribution in [0.5, 0.6) is 5.75 Å². The second kappa shape index (κ2) is 9.58. The van der Waals surface area contributed by atoms with Gasteiger partial charge in [-0.2, -0.15) is 0 Å². The lowest BCUT2D eigenvalue weighted by atomic mass is 10.0. The van der Waals surface area contributed by atoms with Gasteiger partial charge in [0, 0.05) is 48.7 Å². The highest BCUT2D eigenvalue weighted by Gasteiger charge is 2.47. The maximum atomic E-state index is 13.7. The van der Waals surface area contributed by atoms with Crippen LogP contribution in [0.25, 0.3) is 55.7 Å². The van der Waals surface area contributed by atoms with Crippen molar-refractivity contribution in [3.63, 3.8) is 0 Å². The van der Waals surface area contributed by atoms with Gasteiger partial charge in [0.2, 0.25) is 0 Å². The van der Waals surface area contributed by atoms with E-state index in [1.165, 1.54) is 12.8 Å². The first kappa shape index (κ1) is 26.6. The number of nitrogens with zero attached hydrogens (tertiary/aromatic N) is 4. The van der Waals surface area contributed by atoms with E-state index < -0.39 is 5.76 Å². The Kier molecular flexibility index (Phi) is 5.66. The van der Waals surface area contributed by atoms with Crippen molar-refractivity contribution in [2.75, 3.05) is 13.7 Å². The summed E-state index contributed by atoms with van der Waals surface area (Å²) >= 11 is 0. The predicted octanol–water partition coefficient (Wildman–Crippen LogP) is 5.28. The number of ether oxygens (including phenoxy) is 1. The molecule has 2 saturated carbocycles. The molecule has 1 saturated heterocycles. The number of hydrogen-bond acceptors (Lipinski definition) is 6. The second-order valence-electron chi connectivity index (χ2n) is 13.1. The molecule has 4 heterocycles. The van der Waals surface area contributed by atoms with Crippen molar-refractivity contribution in [3.8, 4) is 28.4 Å². The minimum Gasteiger partial charge on any atom is -0.494 e. The SMILES string of the molecule is COc1cc(C(=O)N2C[C@H]3CC[C@@H]2[C@@H]3N)cc2nc(-c3cc4ccc(-c5ccc6oc(=O)[nH]c6c5)cc4n3CC3CC3)n(C)c12. The lowest BCUT2D eigenvalue weighted by Crippen LogP contribution is -2.41. The van der Waals surface area contributed by atoms with Crippen LogP contribution in [0, 0.1) is 11.8 Å². The number of oxazole rings is 1. The number of aromatic amines is 1. The van der Waals surface area contributed by atoms with Crippen LogP contribution in [0.3, 0.4) is 0 Å². The molecule has 6 aromatic rings. The molecule has 3 atom stereocenters. The molecule has 0 spiro atoms. The Bertz CT molecular complexity index is 2230. The maximum Gasteiger partial charge on any atom is 0.417 e. The largest absolute Gasteiger partial charge is 0.494 e. The number of benzene rings is 3. The summed E-state index contributed by atoms with van der Waals surface area (Å²) in [6, 6.07) is 18.4. The van der Waals surface area contributed by atoms with Gasteiger partial charge < -0.3 is 28.9 Å². The van der Waals surface area contributed by atoms with Crippen LogP contribution in [-0.4, -0.2) is 55.6 Å². The number of hydrogen-bond donors (Lipinski definition) is 2. The molecule has 3 aromatic heterocycles. The van der Waals surface area contributed by atoms with Crippen LogP contribution in [0.1, 0.15) is 36.0 Å². The van der Waals surface area contributed by atoms with Crippen LogP contribution in [0.4, 0.5) is 0 Å². The number of likely N-dealkylation sites (tertiary alicyclic amines) is 1. The van der Waals surface area contributed by atoms with E-state index in [1.54, 1.807) is 7.11 Å². The number of amides is 1. The van der Waals surface area contributed by atoms with E-state index >= 15 is 0 Å². The van der Waals surface area contributed by atoms with Gasteiger partial charge >= 0.3 is 5.76 Å². The number of aryl methyl sites for hydroxylation is 1. The topological polar surface area (TPSA) is 124 Å². The Labute approximate surface area is 258 Å². The third-order valence-electron chi connectivity index (χ3n) is 10.3. The maximum absolute atomic E-state index is 13.7. The molecular weight excluding hydrogens is 568 g/mol. The number of carbonyl (C=O) groups excluding carboxylic acids is 1. The highest BCUT2D eigenvalue weighted by atomic mass is 16.5. The Morgan fingerprint density at radius 3 is 2.64 bits per heavy atom. The van der Waals surface area contributed by atoms with Crippen LogP contribution >= 0.6 is 0 Å². The van der Waals surface area contributed by atoms with E-state index in [0.717, 1.165) is 70.5 Å². The normalized spacial score (nSPS) is 21.1. The Morgan fingerprint density at radius 2 is 1.89 bits per heavy atom. The van der Waals surface area contributed by atoms with Crippen LogP contribution in [-0.2, 0) is 13.6 Å². The van der Waals surface area contributed by atoms with E-state index in [4.69, 9.17) is 19.9 Å². The van der Waals surface area contributed by atoms with Crippen molar-refractivity contribution < 1.29 is 13.9 Å². The molecule has 1 amide bonds. The summed E-state index contributed by atoms with van der Waals surface area (Å²) in [5, 5.41) is 1.13. The molecule has 9 rings (SSSR count). The zero-order valence-corrected chi connectivity index (χ0v) is 25.2. The van der Waals surface area contributed by atoms with E-state index in [-0.39, 0.29) is 18.0 Å². The number of nitrogens with one attached hydrogen (secondary N) is 1. The molecule has 3 aliphatic rings. The number of H-pyrrole nitrogens is 1. The summed E-state index contributed by atoms with van der Waals surface area (Å²) in [5.41, 5.74) is 14.0. The molecule has 2 aliphatic carbocycles. The molecule has 228 valence electrons. The highest BCUT2D eigenvalue weighted by Crippen LogP contribution is 2.41. The van der Waals surface area contributed by atoms with Crippen LogP contribution < -0.4 is 16.2 Å². The number of piperidine rings is 1. The fourth-order valence-corrected chi connectivity index (χ4v) is 7.77. The standard InChI is InChI=1S/C35H34N6O4/c1-39-32-25(12-23(15-30(32)44-2)34(42)41-17-22-7-9-26(41)31(22)36)37-33(39)28-14-21-6-5-20(13-27(21)40(28)16-18-3-4-18)19-8-10-29-24(11-19)38-35(43)45-29/h5-6,8,10-15,18,22,26,31H,3-4,7,9,16-17,36H2,1-2H3,(H,38,43)/t22-,26-,31-/m1/s1. The van der Waals surface area contributed by atoms with Crippen molar-refractivity contribution in [1.82, 2.24) is 24.0 Å². The number of aromatic nitrogens is 4. The molecule has 0 radical (unpaired) electrons. The predicted molar refractivity (Wildman–Crippen MR) is 172 cm³/mol. The number of methoxy groups -OCH3 is 1. The van der Waals surface area contributed by atoms with Crippen molar-refractivity contribution in [3.05, 3.63) is 70.7 Å². The van der Waals surface area contributed by atoms with Gasteiger partial charge in [0.1, 0.15) is 11.3 Å². The summed E-state index contributed by atoms with van der Waals surface area (Å²) in [6.07, 6.45) is 4.49. The molecule has 3 N–H and O–H groups in total. The summed E-state index contributed by atoms with van der Waals surface area (Å²) in [4.78, 5) is 35.3. The van der Waals surface area contributed by atoms with E-state index in [1.807, 2.05) is 42.3 Å². The van der Waals surface area contributed by atoms with Crippen molar-refractivity contribution in [2.24, 2.45) is 24.6 Å². The van der Waals surface area contributed by atoms with Gasteiger partial charge in [-0.15, -0.1) is 0 Å². The van der Waals surface area contributed by atoms with Gasteiger partial charge in [0.15, 0.2) is 11.4 Å². The number of carbonyl (C=O) groups is 1. The first-order chi connectivity index (χ1) is 21.9. The fraction of sp³-hybridized carbons (Fsp3) is 0.343. The zero-order valence-electron chi connectivity index (χ0n) is 25.2. The summed E-state index contributed by atoms with van der Waals surface area (Å²) in [6.45, 7) is 1.62. The van der Waals surface area contributed by atoms with E-state index in [9.17, 15) is 9.59 Å². The Balaban J connectivity index is 1.16. The average molecular weight is 603 g/mol. The first-order valence-corrected chi connectivity index (χ1v) is 15.7. The number of rotatable bonds is 6. The van der Waals surface area contributed by atoms with Crippen molar-refractivity contribution >= 4 is 38.9 Å². The van der Waals surface area contributed by atoms with E-state index in [0.29, 0.717) is 34.2 Å². The quantitative estimate of drug-likeness (QED) is 0.268. The van der Waals surface area contributed by atoms with Gasteiger partial charge in [-0.05, 0) is 85.0 Å². The molecular formula is C35H34N6O4. The highest BCUT2D eigenvalue weighted by molar-refractivity contribution is 6.01. The smallest absolute Gasteiger partial charge is 0.417 e.